The topological polar surface area (TPSA) is 58.4 Å². The van der Waals surface area contributed by atoms with E-state index in [-0.39, 0.29) is 5.92 Å². The summed E-state index contributed by atoms with van der Waals surface area (Å²) in [5.41, 5.74) is 0.900. The number of imidazole rings is 1. The van der Waals surface area contributed by atoms with Crippen LogP contribution in [0.3, 0.4) is 0 Å². The first-order chi connectivity index (χ1) is 9.66. The van der Waals surface area contributed by atoms with E-state index in [4.69, 9.17) is 0 Å². The number of likely N-dealkylation sites (N-methyl/N-ethyl adjacent to an activating group) is 1. The summed E-state index contributed by atoms with van der Waals surface area (Å²) >= 11 is 0. The molecule has 1 aromatic rings. The molecule has 3 heterocycles. The molecule has 1 fully saturated rings. The summed E-state index contributed by atoms with van der Waals surface area (Å²) in [7, 11) is 2.18. The standard InChI is InChI=1S/C15H23N3O2/c1-17-7-3-2-5-11(17)9-14-16-10-13-12(15(19)20)6-4-8-18(13)14/h10-12H,2-9H2,1H3,(H,19,20). The lowest BCUT2D eigenvalue weighted by Crippen LogP contribution is -2.38. The van der Waals surface area contributed by atoms with E-state index in [1.54, 1.807) is 6.20 Å². The van der Waals surface area contributed by atoms with E-state index in [0.717, 1.165) is 43.9 Å². The third-order valence-corrected chi connectivity index (χ3v) is 4.84. The van der Waals surface area contributed by atoms with Crippen LogP contribution in [0.15, 0.2) is 6.20 Å². The van der Waals surface area contributed by atoms with Crippen molar-refractivity contribution in [2.24, 2.45) is 0 Å². The molecule has 0 bridgehead atoms. The van der Waals surface area contributed by atoms with Gasteiger partial charge in [-0.15, -0.1) is 0 Å². The van der Waals surface area contributed by atoms with Crippen LogP contribution in [0.4, 0.5) is 0 Å². The molecule has 3 rings (SSSR count). The van der Waals surface area contributed by atoms with E-state index in [9.17, 15) is 9.90 Å². The third-order valence-electron chi connectivity index (χ3n) is 4.84. The van der Waals surface area contributed by atoms with E-state index in [2.05, 4.69) is 21.5 Å². The number of hydrogen-bond donors (Lipinski definition) is 1. The maximum atomic E-state index is 11.3. The molecule has 2 aliphatic heterocycles. The first-order valence-corrected chi connectivity index (χ1v) is 7.64. The van der Waals surface area contributed by atoms with Crippen LogP contribution >= 0.6 is 0 Å². The second kappa shape index (κ2) is 5.56. The lowest BCUT2D eigenvalue weighted by molar-refractivity contribution is -0.139. The number of carboxylic acids is 1. The summed E-state index contributed by atoms with van der Waals surface area (Å²) < 4.78 is 2.16. The van der Waals surface area contributed by atoms with Gasteiger partial charge in [-0.25, -0.2) is 4.98 Å². The van der Waals surface area contributed by atoms with Crippen molar-refractivity contribution in [2.45, 2.75) is 57.0 Å². The fraction of sp³-hybridized carbons (Fsp3) is 0.733. The number of fused-ring (bicyclic) bond motifs is 1. The normalized spacial score (nSPS) is 27.2. The number of carboxylic acid groups (broad SMARTS) is 1. The van der Waals surface area contributed by atoms with Gasteiger partial charge < -0.3 is 14.6 Å². The van der Waals surface area contributed by atoms with Crippen LogP contribution < -0.4 is 0 Å². The molecule has 1 aromatic heterocycles. The number of likely N-dealkylation sites (tertiary alicyclic amines) is 1. The maximum Gasteiger partial charge on any atom is 0.312 e. The molecule has 0 saturated carbocycles. The van der Waals surface area contributed by atoms with Crippen LogP contribution in [0, 0.1) is 0 Å². The van der Waals surface area contributed by atoms with E-state index < -0.39 is 5.97 Å². The minimum absolute atomic E-state index is 0.367. The number of hydrogen-bond acceptors (Lipinski definition) is 3. The maximum absolute atomic E-state index is 11.3. The van der Waals surface area contributed by atoms with Crippen molar-refractivity contribution in [3.63, 3.8) is 0 Å². The number of nitrogens with zero attached hydrogens (tertiary/aromatic N) is 3. The molecule has 20 heavy (non-hydrogen) atoms. The third kappa shape index (κ3) is 2.46. The van der Waals surface area contributed by atoms with Crippen molar-refractivity contribution in [3.05, 3.63) is 17.7 Å². The minimum atomic E-state index is -0.716. The van der Waals surface area contributed by atoms with Gasteiger partial charge in [0.1, 0.15) is 5.82 Å². The fourth-order valence-electron chi connectivity index (χ4n) is 3.59. The van der Waals surface area contributed by atoms with E-state index in [0.29, 0.717) is 6.04 Å². The van der Waals surface area contributed by atoms with E-state index >= 15 is 0 Å². The first kappa shape index (κ1) is 13.6. The summed E-state index contributed by atoms with van der Waals surface area (Å²) in [5, 5.41) is 9.31. The molecule has 5 heteroatoms. The lowest BCUT2D eigenvalue weighted by Gasteiger charge is -2.32. The van der Waals surface area contributed by atoms with Gasteiger partial charge in [0.2, 0.25) is 0 Å². The van der Waals surface area contributed by atoms with Gasteiger partial charge in [-0.2, -0.15) is 0 Å². The highest BCUT2D eigenvalue weighted by molar-refractivity contribution is 5.75. The highest BCUT2D eigenvalue weighted by atomic mass is 16.4. The molecule has 5 nitrogen and oxygen atoms in total. The number of piperidine rings is 1. The molecule has 0 aromatic carbocycles. The van der Waals surface area contributed by atoms with Gasteiger partial charge in [-0.05, 0) is 39.3 Å². The van der Waals surface area contributed by atoms with Crippen LogP contribution in [-0.2, 0) is 17.8 Å². The zero-order chi connectivity index (χ0) is 14.1. The summed E-state index contributed by atoms with van der Waals surface area (Å²) in [4.78, 5) is 18.3. The van der Waals surface area contributed by atoms with Crippen molar-refractivity contribution in [1.29, 1.82) is 0 Å². The highest BCUT2D eigenvalue weighted by Crippen LogP contribution is 2.29. The zero-order valence-corrected chi connectivity index (χ0v) is 12.1. The molecule has 2 aliphatic rings. The van der Waals surface area contributed by atoms with Crippen molar-refractivity contribution < 1.29 is 9.90 Å². The van der Waals surface area contributed by atoms with Crippen molar-refractivity contribution in [3.8, 4) is 0 Å². The molecule has 0 radical (unpaired) electrons. The Kier molecular flexibility index (Phi) is 3.78. The zero-order valence-electron chi connectivity index (χ0n) is 12.1. The average molecular weight is 277 g/mol. The van der Waals surface area contributed by atoms with Crippen molar-refractivity contribution >= 4 is 5.97 Å². The molecule has 0 aliphatic carbocycles. The summed E-state index contributed by atoms with van der Waals surface area (Å²) in [6.07, 6.45) is 8.21. The van der Waals surface area contributed by atoms with Gasteiger partial charge in [0.05, 0.1) is 11.6 Å². The van der Waals surface area contributed by atoms with Gasteiger partial charge in [0.15, 0.2) is 0 Å². The van der Waals surface area contributed by atoms with Crippen molar-refractivity contribution in [2.75, 3.05) is 13.6 Å². The second-order valence-corrected chi connectivity index (χ2v) is 6.12. The van der Waals surface area contributed by atoms with Crippen LogP contribution in [0.25, 0.3) is 0 Å². The van der Waals surface area contributed by atoms with Gasteiger partial charge in [-0.3, -0.25) is 4.79 Å². The summed E-state index contributed by atoms with van der Waals surface area (Å²) in [6, 6.07) is 0.556. The summed E-state index contributed by atoms with van der Waals surface area (Å²) in [5.74, 6) is -0.00836. The largest absolute Gasteiger partial charge is 0.481 e. The number of rotatable bonds is 3. The minimum Gasteiger partial charge on any atom is -0.481 e. The van der Waals surface area contributed by atoms with Gasteiger partial charge in [0.25, 0.3) is 0 Å². The predicted octanol–water partition coefficient (Wildman–Crippen LogP) is 1.87. The Balaban J connectivity index is 1.80. The van der Waals surface area contributed by atoms with Crippen LogP contribution in [-0.4, -0.2) is 45.2 Å². The molecule has 1 N–H and O–H groups in total. The Hall–Kier alpha value is -1.36. The van der Waals surface area contributed by atoms with E-state index in [1.807, 2.05) is 0 Å². The van der Waals surface area contributed by atoms with Crippen molar-refractivity contribution in [1.82, 2.24) is 14.5 Å². The Morgan fingerprint density at radius 1 is 1.35 bits per heavy atom. The Labute approximate surface area is 119 Å². The molecule has 1 saturated heterocycles. The molecule has 2 unspecified atom stereocenters. The summed E-state index contributed by atoms with van der Waals surface area (Å²) in [6.45, 7) is 2.08. The highest BCUT2D eigenvalue weighted by Gasteiger charge is 2.30. The Morgan fingerprint density at radius 2 is 2.20 bits per heavy atom. The lowest BCUT2D eigenvalue weighted by atomic mass is 9.96. The molecular formula is C15H23N3O2. The van der Waals surface area contributed by atoms with Gasteiger partial charge in [0, 0.05) is 25.2 Å². The fourth-order valence-corrected chi connectivity index (χ4v) is 3.59. The molecular weight excluding hydrogens is 254 g/mol. The number of aliphatic carboxylic acids is 1. The Bertz CT molecular complexity index is 497. The molecule has 0 spiro atoms. The number of carbonyl (C=O) groups is 1. The average Bonchev–Trinajstić information content (AvgIpc) is 2.84. The monoisotopic (exact) mass is 277 g/mol. The van der Waals surface area contributed by atoms with Crippen LogP contribution in [0.2, 0.25) is 0 Å². The van der Waals surface area contributed by atoms with Crippen LogP contribution in [0.1, 0.15) is 49.5 Å². The second-order valence-electron chi connectivity index (χ2n) is 6.12. The SMILES string of the molecule is CN1CCCCC1Cc1ncc2n1CCCC2C(=O)O. The van der Waals surface area contributed by atoms with Crippen LogP contribution in [0.5, 0.6) is 0 Å². The molecule has 0 amide bonds. The van der Waals surface area contributed by atoms with Gasteiger partial charge in [-0.1, -0.05) is 6.42 Å². The predicted molar refractivity (Wildman–Crippen MR) is 75.8 cm³/mol. The smallest absolute Gasteiger partial charge is 0.312 e. The quantitative estimate of drug-likeness (QED) is 0.916. The molecule has 2 atom stereocenters. The molecule has 110 valence electrons. The first-order valence-electron chi connectivity index (χ1n) is 7.64. The number of aromatic nitrogens is 2. The van der Waals surface area contributed by atoms with E-state index in [1.165, 1.54) is 19.3 Å². The Morgan fingerprint density at radius 3 is 2.95 bits per heavy atom. The van der Waals surface area contributed by atoms with Gasteiger partial charge >= 0.3 is 5.97 Å².